The van der Waals surface area contributed by atoms with Crippen LogP contribution in [0.25, 0.3) is 0 Å². The Morgan fingerprint density at radius 2 is 1.10 bits per heavy atom. The molecule has 0 fully saturated rings. The molecule has 0 spiro atoms. The predicted octanol–water partition coefficient (Wildman–Crippen LogP) is 5.47. The second-order valence-corrected chi connectivity index (χ2v) is 10.7. The molecule has 11 N–H and O–H groups in total. The van der Waals surface area contributed by atoms with Crippen molar-refractivity contribution in [2.24, 2.45) is 17.2 Å². The fourth-order valence-electron chi connectivity index (χ4n) is 3.57. The van der Waals surface area contributed by atoms with E-state index in [4.69, 9.17) is 38.5 Å². The van der Waals surface area contributed by atoms with Crippen LogP contribution < -0.4 is 37.6 Å². The van der Waals surface area contributed by atoms with Crippen LogP contribution >= 0.6 is 23.2 Å². The summed E-state index contributed by atoms with van der Waals surface area (Å²) in [6.07, 6.45) is 0. The van der Waals surface area contributed by atoms with Crippen LogP contribution in [0.5, 0.6) is 5.75 Å². The molecule has 8 amide bonds. The molecule has 0 bridgehead atoms. The van der Waals surface area contributed by atoms with Gasteiger partial charge in [-0.05, 0) is 86.3 Å². The average Bonchev–Trinajstić information content (AvgIpc) is 3.08. The van der Waals surface area contributed by atoms with Crippen molar-refractivity contribution in [3.8, 4) is 5.75 Å². The van der Waals surface area contributed by atoms with Crippen molar-refractivity contribution in [3.63, 3.8) is 0 Å². The monoisotopic (exact) mass is 726 g/mol. The molecular weight excluding hydrogens is 683 g/mol. The number of rotatable bonds is 6. The average molecular weight is 728 g/mol. The van der Waals surface area contributed by atoms with Gasteiger partial charge in [-0.25, -0.2) is 19.2 Å². The summed E-state index contributed by atoms with van der Waals surface area (Å²) in [5, 5.41) is 35.9. The van der Waals surface area contributed by atoms with Gasteiger partial charge in [0.2, 0.25) is 0 Å². The second-order valence-electron chi connectivity index (χ2n) is 9.92. The van der Waals surface area contributed by atoms with Crippen molar-refractivity contribution in [2.75, 3.05) is 26.3 Å². The first kappa shape index (κ1) is 44.0. The van der Waals surface area contributed by atoms with Crippen LogP contribution in [0.15, 0.2) is 60.7 Å². The van der Waals surface area contributed by atoms with Crippen LogP contribution in [0, 0.1) is 13.8 Å². The molecule has 0 saturated carbocycles. The number of anilines is 1. The van der Waals surface area contributed by atoms with E-state index in [-0.39, 0.29) is 0 Å². The van der Waals surface area contributed by atoms with Crippen LogP contribution in [-0.2, 0) is 0 Å². The SMILES string of the molecule is CNC(=O)N(O)C(C)c1ccc(Cl)c(C)c1.CNC(=O)N(O)c1ccc(OC)cc1.Cc1cc(C(C)N(O)C(N)=O)ccc1Cl.NC(N)=O. The number of urea groups is 4. The molecule has 18 heteroatoms. The van der Waals surface area contributed by atoms with Gasteiger partial charge in [0, 0.05) is 24.1 Å². The van der Waals surface area contributed by atoms with E-state index in [0.29, 0.717) is 36.7 Å². The number of benzene rings is 3. The minimum absolute atomic E-state index is 0.380. The maximum atomic E-state index is 11.2. The smallest absolute Gasteiger partial charge is 0.345 e. The Morgan fingerprint density at radius 1 is 0.714 bits per heavy atom. The van der Waals surface area contributed by atoms with Crippen molar-refractivity contribution < 1.29 is 39.5 Å². The molecule has 0 aliphatic carbocycles. The lowest BCUT2D eigenvalue weighted by Gasteiger charge is -2.22. The lowest BCUT2D eigenvalue weighted by atomic mass is 10.1. The van der Waals surface area contributed by atoms with Crippen LogP contribution in [0.1, 0.15) is 48.2 Å². The third-order valence-corrected chi connectivity index (χ3v) is 7.28. The molecule has 0 aliphatic rings. The fourth-order valence-corrected chi connectivity index (χ4v) is 3.80. The number of nitrogens with one attached hydrogen (secondary N) is 2. The number of nitrogens with two attached hydrogens (primary N) is 3. The molecule has 3 aromatic rings. The quantitative estimate of drug-likeness (QED) is 0.119. The Morgan fingerprint density at radius 3 is 1.43 bits per heavy atom. The molecule has 3 rings (SSSR count). The zero-order valence-corrected chi connectivity index (χ0v) is 29.7. The van der Waals surface area contributed by atoms with Gasteiger partial charge in [0.1, 0.15) is 5.75 Å². The molecule has 49 heavy (non-hydrogen) atoms. The molecule has 0 heterocycles. The molecule has 0 radical (unpaired) electrons. The van der Waals surface area contributed by atoms with Gasteiger partial charge in [-0.1, -0.05) is 47.5 Å². The van der Waals surface area contributed by atoms with Crippen LogP contribution in [0.2, 0.25) is 10.0 Å². The van der Waals surface area contributed by atoms with E-state index >= 15 is 0 Å². The minimum atomic E-state index is -0.880. The van der Waals surface area contributed by atoms with Gasteiger partial charge in [-0.3, -0.25) is 15.6 Å². The van der Waals surface area contributed by atoms with Crippen molar-refractivity contribution in [1.29, 1.82) is 0 Å². The molecule has 0 saturated heterocycles. The summed E-state index contributed by atoms with van der Waals surface area (Å²) < 4.78 is 4.94. The summed E-state index contributed by atoms with van der Waals surface area (Å²) in [6, 6.07) is 13.4. The second kappa shape index (κ2) is 21.8. The van der Waals surface area contributed by atoms with Crippen LogP contribution in [-0.4, -0.2) is 71.1 Å². The number of primary amides is 3. The summed E-state index contributed by atoms with van der Waals surface area (Å²) in [6.45, 7) is 7.13. The van der Waals surface area contributed by atoms with E-state index < -0.39 is 36.2 Å². The first-order chi connectivity index (χ1) is 22.8. The maximum absolute atomic E-state index is 11.2. The van der Waals surface area contributed by atoms with E-state index in [1.807, 2.05) is 19.9 Å². The number of carbonyl (C=O) groups excluding carboxylic acids is 4. The van der Waals surface area contributed by atoms with Gasteiger partial charge >= 0.3 is 24.1 Å². The molecular formula is C31H44Cl2N8O8. The van der Waals surface area contributed by atoms with Crippen molar-refractivity contribution in [1.82, 2.24) is 20.8 Å². The number of amides is 8. The number of hydrogen-bond donors (Lipinski definition) is 8. The van der Waals surface area contributed by atoms with Crippen LogP contribution in [0.4, 0.5) is 24.9 Å². The van der Waals surface area contributed by atoms with Gasteiger partial charge in [0.05, 0.1) is 24.9 Å². The lowest BCUT2D eigenvalue weighted by molar-refractivity contribution is -0.0738. The Hall–Kier alpha value is -5.00. The third-order valence-electron chi connectivity index (χ3n) is 6.43. The lowest BCUT2D eigenvalue weighted by Crippen LogP contribution is -2.37. The van der Waals surface area contributed by atoms with E-state index in [0.717, 1.165) is 22.3 Å². The van der Waals surface area contributed by atoms with Crippen molar-refractivity contribution in [2.45, 2.75) is 39.8 Å². The Kier molecular flexibility index (Phi) is 19.6. The standard InChI is InChI=1S/C11H15ClN2O2.C10H13ClN2O2.C9H12N2O3.CH4N2O/c1-7-6-9(4-5-10(7)12)8(2)14(16)11(15)13-3;1-6-5-8(3-4-9(6)11)7(2)13(15)10(12)14;1-10-9(12)11(13)7-3-5-8(14-2)6-4-7;2-1(3)4/h4-6,8,16H,1-3H3,(H,13,15);3-5,7,15H,1-2H3,(H2,12,14);3-6,13H,1-2H3,(H,10,12);(H4,2,3,4). The number of carbonyl (C=O) groups is 4. The van der Waals surface area contributed by atoms with Gasteiger partial charge in [-0.2, -0.15) is 15.2 Å². The normalized spacial score (nSPS) is 10.9. The van der Waals surface area contributed by atoms with Crippen molar-refractivity contribution >= 4 is 53.0 Å². The molecule has 2 atom stereocenters. The first-order valence-corrected chi connectivity index (χ1v) is 15.0. The largest absolute Gasteiger partial charge is 0.497 e. The number of nitrogens with zero attached hydrogens (tertiary/aromatic N) is 3. The molecule has 0 aliphatic heterocycles. The summed E-state index contributed by atoms with van der Waals surface area (Å²) in [5.74, 6) is 0.666. The molecule has 270 valence electrons. The number of hydrogen-bond acceptors (Lipinski definition) is 8. The number of ether oxygens (including phenoxy) is 1. The topological polar surface area (TPSA) is 250 Å². The predicted molar refractivity (Wildman–Crippen MR) is 186 cm³/mol. The molecule has 3 aromatic carbocycles. The van der Waals surface area contributed by atoms with E-state index in [1.165, 1.54) is 14.1 Å². The summed E-state index contributed by atoms with van der Waals surface area (Å²) in [7, 11) is 4.45. The maximum Gasteiger partial charge on any atom is 0.345 e. The van der Waals surface area contributed by atoms with E-state index in [2.05, 4.69) is 22.1 Å². The van der Waals surface area contributed by atoms with Gasteiger partial charge in [0.15, 0.2) is 0 Å². The fraction of sp³-hybridized carbons (Fsp3) is 0.290. The number of aryl methyl sites for hydroxylation is 2. The highest BCUT2D eigenvalue weighted by Gasteiger charge is 2.19. The Labute approximate surface area is 294 Å². The van der Waals surface area contributed by atoms with E-state index in [1.54, 1.807) is 75.6 Å². The summed E-state index contributed by atoms with van der Waals surface area (Å²) in [4.78, 5) is 42.0. The van der Waals surface area contributed by atoms with Gasteiger partial charge < -0.3 is 32.6 Å². The third kappa shape index (κ3) is 15.2. The molecule has 0 aromatic heterocycles. The zero-order valence-electron chi connectivity index (χ0n) is 28.1. The van der Waals surface area contributed by atoms with Gasteiger partial charge in [0.25, 0.3) is 0 Å². The van der Waals surface area contributed by atoms with Crippen LogP contribution in [0.3, 0.4) is 0 Å². The Bertz CT molecular complexity index is 1530. The highest BCUT2D eigenvalue weighted by Crippen LogP contribution is 2.25. The Balaban J connectivity index is 0.000000668. The first-order valence-electron chi connectivity index (χ1n) is 14.2. The highest BCUT2D eigenvalue weighted by molar-refractivity contribution is 6.31. The van der Waals surface area contributed by atoms with Crippen molar-refractivity contribution in [3.05, 3.63) is 93.0 Å². The zero-order chi connectivity index (χ0) is 38.0. The number of hydroxylamine groups is 5. The highest BCUT2D eigenvalue weighted by atomic mass is 35.5. The molecule has 2 unspecified atom stereocenters. The van der Waals surface area contributed by atoms with E-state index in [9.17, 15) is 30.0 Å². The number of methoxy groups -OCH3 is 1. The molecule has 16 nitrogen and oxygen atoms in total. The summed E-state index contributed by atoms with van der Waals surface area (Å²) in [5.41, 5.74) is 17.2. The summed E-state index contributed by atoms with van der Waals surface area (Å²) >= 11 is 11.8. The van der Waals surface area contributed by atoms with Gasteiger partial charge in [-0.15, -0.1) is 0 Å². The number of halogens is 2. The minimum Gasteiger partial charge on any atom is -0.497 e.